The monoisotopic (exact) mass is 423 g/mol. The first-order chi connectivity index (χ1) is 15.0. The lowest BCUT2D eigenvalue weighted by Gasteiger charge is -2.12. The van der Waals surface area contributed by atoms with Gasteiger partial charge in [0.2, 0.25) is 6.79 Å². The van der Waals surface area contributed by atoms with Gasteiger partial charge in [0.05, 0.1) is 16.7 Å². The molecule has 0 spiro atoms. The average molecular weight is 423 g/mol. The smallest absolute Gasteiger partial charge is 0.326 e. The third kappa shape index (κ3) is 4.20. The van der Waals surface area contributed by atoms with Crippen LogP contribution in [0, 0.1) is 0 Å². The first kappa shape index (κ1) is 20.4. The van der Waals surface area contributed by atoms with Gasteiger partial charge in [-0.25, -0.2) is 4.98 Å². The number of para-hydroxylation sites is 2. The molecule has 2 heterocycles. The van der Waals surface area contributed by atoms with Crippen LogP contribution in [0.1, 0.15) is 30.0 Å². The number of Topliss-reactive ketones (excluding diaryl/α,β-unsaturated/α-hetero) is 1. The van der Waals surface area contributed by atoms with Crippen molar-refractivity contribution in [3.8, 4) is 11.5 Å². The van der Waals surface area contributed by atoms with Crippen molar-refractivity contribution in [3.63, 3.8) is 0 Å². The van der Waals surface area contributed by atoms with Crippen molar-refractivity contribution < 1.29 is 28.6 Å². The van der Waals surface area contributed by atoms with E-state index in [0.29, 0.717) is 17.9 Å². The summed E-state index contributed by atoms with van der Waals surface area (Å²) in [5, 5.41) is 2.60. The lowest BCUT2D eigenvalue weighted by molar-refractivity contribution is -0.147. The second-order valence-corrected chi connectivity index (χ2v) is 6.97. The minimum Gasteiger partial charge on any atom is -0.454 e. The van der Waals surface area contributed by atoms with Crippen LogP contribution < -0.4 is 14.8 Å². The van der Waals surface area contributed by atoms with Gasteiger partial charge in [-0.05, 0) is 25.1 Å². The minimum absolute atomic E-state index is 0.0460. The molecular formula is C22H21N3O6. The number of nitrogens with zero attached hydrogens (tertiary/aromatic N) is 2. The molecule has 0 atom stereocenters. The van der Waals surface area contributed by atoms with Gasteiger partial charge in [-0.1, -0.05) is 19.1 Å². The number of carbonyl (C=O) groups excluding carboxylic acids is 3. The Bertz CT molecular complexity index is 1180. The van der Waals surface area contributed by atoms with Crippen LogP contribution in [0.2, 0.25) is 0 Å². The fourth-order valence-corrected chi connectivity index (χ4v) is 3.42. The topological polar surface area (TPSA) is 109 Å². The Balaban J connectivity index is 1.41. The maximum Gasteiger partial charge on any atom is 0.326 e. The Morgan fingerprint density at radius 2 is 1.90 bits per heavy atom. The Morgan fingerprint density at radius 1 is 1.16 bits per heavy atom. The number of fused-ring (bicyclic) bond motifs is 2. The number of carbonyl (C=O) groups is 3. The average Bonchev–Trinajstić information content (AvgIpc) is 3.35. The van der Waals surface area contributed by atoms with E-state index in [1.807, 2.05) is 31.2 Å². The lowest BCUT2D eigenvalue weighted by Crippen LogP contribution is -2.24. The van der Waals surface area contributed by atoms with E-state index < -0.39 is 18.5 Å². The van der Waals surface area contributed by atoms with Gasteiger partial charge in [-0.2, -0.15) is 0 Å². The fourth-order valence-electron chi connectivity index (χ4n) is 3.42. The third-order valence-electron chi connectivity index (χ3n) is 4.87. The van der Waals surface area contributed by atoms with Crippen molar-refractivity contribution in [2.75, 3.05) is 18.7 Å². The van der Waals surface area contributed by atoms with Crippen LogP contribution in [-0.4, -0.2) is 40.6 Å². The molecule has 1 amide bonds. The number of imidazole rings is 1. The molecule has 0 fully saturated rings. The number of amides is 1. The molecule has 2 aromatic carbocycles. The molecule has 0 aliphatic carbocycles. The molecule has 0 unspecified atom stereocenters. The quantitative estimate of drug-likeness (QED) is 0.460. The number of anilines is 1. The Morgan fingerprint density at radius 3 is 2.65 bits per heavy atom. The highest BCUT2D eigenvalue weighted by Crippen LogP contribution is 2.37. The number of ketones is 1. The van der Waals surface area contributed by atoms with Gasteiger partial charge >= 0.3 is 5.97 Å². The minimum atomic E-state index is -0.569. The third-order valence-corrected chi connectivity index (χ3v) is 4.87. The molecule has 1 aliphatic heterocycles. The summed E-state index contributed by atoms with van der Waals surface area (Å²) in [7, 11) is 0. The summed E-state index contributed by atoms with van der Waals surface area (Å²) in [5.41, 5.74) is 2.17. The second kappa shape index (κ2) is 8.47. The molecular weight excluding hydrogens is 402 g/mol. The van der Waals surface area contributed by atoms with E-state index in [9.17, 15) is 14.4 Å². The molecule has 0 saturated carbocycles. The second-order valence-electron chi connectivity index (χ2n) is 6.97. The first-order valence-electron chi connectivity index (χ1n) is 9.80. The zero-order valence-corrected chi connectivity index (χ0v) is 17.1. The van der Waals surface area contributed by atoms with Gasteiger partial charge in [0.25, 0.3) is 5.91 Å². The zero-order valence-electron chi connectivity index (χ0n) is 17.1. The van der Waals surface area contributed by atoms with E-state index >= 15 is 0 Å². The van der Waals surface area contributed by atoms with Crippen LogP contribution in [0.15, 0.2) is 36.4 Å². The van der Waals surface area contributed by atoms with Crippen LogP contribution in [0.3, 0.4) is 0 Å². The highest BCUT2D eigenvalue weighted by Gasteiger charge is 2.21. The Kier molecular flexibility index (Phi) is 5.57. The predicted molar refractivity (Wildman–Crippen MR) is 111 cm³/mol. The number of hydrogen-bond donors (Lipinski definition) is 1. The van der Waals surface area contributed by atoms with Crippen molar-refractivity contribution in [1.82, 2.24) is 9.55 Å². The summed E-state index contributed by atoms with van der Waals surface area (Å²) >= 11 is 0. The van der Waals surface area contributed by atoms with E-state index in [1.165, 1.54) is 19.1 Å². The lowest BCUT2D eigenvalue weighted by atomic mass is 10.1. The molecule has 4 rings (SSSR count). The predicted octanol–water partition coefficient (Wildman–Crippen LogP) is 2.71. The molecule has 1 aliphatic rings. The molecule has 9 heteroatoms. The SMILES string of the molecule is CCc1nc2ccccc2n1CC(=O)OCC(=O)Nc1cc2c(cc1C(C)=O)OCO2. The number of hydrogen-bond acceptors (Lipinski definition) is 7. The molecule has 3 aromatic rings. The highest BCUT2D eigenvalue weighted by atomic mass is 16.7. The van der Waals surface area contributed by atoms with Gasteiger partial charge in [-0.15, -0.1) is 0 Å². The largest absolute Gasteiger partial charge is 0.454 e. The van der Waals surface area contributed by atoms with Crippen LogP contribution in [0.5, 0.6) is 11.5 Å². The van der Waals surface area contributed by atoms with E-state index in [-0.39, 0.29) is 30.4 Å². The van der Waals surface area contributed by atoms with Crippen molar-refractivity contribution in [3.05, 3.63) is 47.8 Å². The number of benzene rings is 2. The van der Waals surface area contributed by atoms with Gasteiger partial charge in [0.1, 0.15) is 12.4 Å². The number of nitrogens with one attached hydrogen (secondary N) is 1. The Labute approximate surface area is 177 Å². The van der Waals surface area contributed by atoms with E-state index in [4.69, 9.17) is 14.2 Å². The summed E-state index contributed by atoms with van der Waals surface area (Å²) in [5.74, 6) is 0.246. The van der Waals surface area contributed by atoms with Crippen LogP contribution in [0.4, 0.5) is 5.69 Å². The van der Waals surface area contributed by atoms with Gasteiger partial charge in [0, 0.05) is 18.1 Å². The van der Waals surface area contributed by atoms with Crippen molar-refractivity contribution in [2.45, 2.75) is 26.8 Å². The molecule has 160 valence electrons. The summed E-state index contributed by atoms with van der Waals surface area (Å²) < 4.78 is 17.5. The number of rotatable bonds is 7. The van der Waals surface area contributed by atoms with Crippen molar-refractivity contribution in [1.29, 1.82) is 0 Å². The molecule has 1 N–H and O–H groups in total. The maximum absolute atomic E-state index is 12.4. The summed E-state index contributed by atoms with van der Waals surface area (Å²) in [4.78, 5) is 41.1. The van der Waals surface area contributed by atoms with Gasteiger partial charge < -0.3 is 24.1 Å². The van der Waals surface area contributed by atoms with Crippen molar-refractivity contribution >= 4 is 34.4 Å². The standard InChI is InChI=1S/C22H21N3O6/c1-3-20-23-15-6-4-5-7-17(15)25(20)10-22(28)29-11-21(27)24-16-9-19-18(30-12-31-19)8-14(16)13(2)26/h4-9H,3,10-12H2,1-2H3,(H,24,27). The molecule has 1 aromatic heterocycles. The van der Waals surface area contributed by atoms with Crippen LogP contribution >= 0.6 is 0 Å². The van der Waals surface area contributed by atoms with Gasteiger partial charge in [-0.3, -0.25) is 14.4 Å². The van der Waals surface area contributed by atoms with Crippen molar-refractivity contribution in [2.24, 2.45) is 0 Å². The van der Waals surface area contributed by atoms with Crippen LogP contribution in [0.25, 0.3) is 11.0 Å². The molecule has 0 bridgehead atoms. The molecule has 9 nitrogen and oxygen atoms in total. The van der Waals surface area contributed by atoms with E-state index in [0.717, 1.165) is 16.9 Å². The Hall–Kier alpha value is -3.88. The molecule has 31 heavy (non-hydrogen) atoms. The first-order valence-corrected chi connectivity index (χ1v) is 9.80. The maximum atomic E-state index is 12.4. The summed E-state index contributed by atoms with van der Waals surface area (Å²) in [6.45, 7) is 2.84. The number of ether oxygens (including phenoxy) is 3. The summed E-state index contributed by atoms with van der Waals surface area (Å²) in [6, 6.07) is 10.5. The van der Waals surface area contributed by atoms with E-state index in [1.54, 1.807) is 4.57 Å². The number of esters is 1. The number of aryl methyl sites for hydroxylation is 1. The summed E-state index contributed by atoms with van der Waals surface area (Å²) in [6.07, 6.45) is 0.653. The molecule has 0 radical (unpaired) electrons. The molecule has 0 saturated heterocycles. The zero-order chi connectivity index (χ0) is 22.0. The fraction of sp³-hybridized carbons (Fsp3) is 0.273. The number of aromatic nitrogens is 2. The van der Waals surface area contributed by atoms with E-state index in [2.05, 4.69) is 10.3 Å². The normalized spacial score (nSPS) is 12.1. The van der Waals surface area contributed by atoms with Gasteiger partial charge in [0.15, 0.2) is 23.9 Å². The highest BCUT2D eigenvalue weighted by molar-refractivity contribution is 6.05. The van der Waals surface area contributed by atoms with Crippen LogP contribution in [-0.2, 0) is 27.3 Å².